The number of rotatable bonds is 9. The first-order chi connectivity index (χ1) is 15.7. The maximum Gasteiger partial charge on any atom is 0.329 e. The Bertz CT molecular complexity index is 1030. The second kappa shape index (κ2) is 12.9. The standard InChI is InChI=1S/C22H24Br2N4O5/c1-13(2)10-25-21(30)22(31)28-26-11-14-8-17(24)20(18(9-14)32-3)33-12-19(29)27-16-6-4-15(23)5-7-16/h4-9,11,13H,10,12H2,1-3H3,(H,25,30)(H,27,29)(H,28,31). The number of benzene rings is 2. The van der Waals surface area contributed by atoms with Crippen molar-refractivity contribution >= 4 is 61.5 Å². The summed E-state index contributed by atoms with van der Waals surface area (Å²) in [6, 6.07) is 10.4. The topological polar surface area (TPSA) is 118 Å². The van der Waals surface area contributed by atoms with Crippen molar-refractivity contribution in [1.82, 2.24) is 10.7 Å². The van der Waals surface area contributed by atoms with E-state index in [4.69, 9.17) is 9.47 Å². The van der Waals surface area contributed by atoms with E-state index in [1.807, 2.05) is 26.0 Å². The summed E-state index contributed by atoms with van der Waals surface area (Å²) in [5.74, 6) is -1.06. The van der Waals surface area contributed by atoms with E-state index in [1.165, 1.54) is 13.3 Å². The molecule has 0 saturated heterocycles. The molecule has 0 aliphatic rings. The van der Waals surface area contributed by atoms with Crippen LogP contribution in [0.15, 0.2) is 50.4 Å². The molecule has 2 aromatic rings. The van der Waals surface area contributed by atoms with Gasteiger partial charge in [0, 0.05) is 16.7 Å². The van der Waals surface area contributed by atoms with Crippen LogP contribution in [-0.2, 0) is 14.4 Å². The monoisotopic (exact) mass is 582 g/mol. The lowest BCUT2D eigenvalue weighted by molar-refractivity contribution is -0.139. The van der Waals surface area contributed by atoms with Crippen molar-refractivity contribution in [2.75, 3.05) is 25.6 Å². The Kier molecular flexibility index (Phi) is 10.3. The van der Waals surface area contributed by atoms with Crippen molar-refractivity contribution in [3.63, 3.8) is 0 Å². The fourth-order valence-electron chi connectivity index (χ4n) is 2.42. The first-order valence-corrected chi connectivity index (χ1v) is 11.4. The van der Waals surface area contributed by atoms with Crippen molar-refractivity contribution in [2.45, 2.75) is 13.8 Å². The van der Waals surface area contributed by atoms with Gasteiger partial charge in [-0.3, -0.25) is 14.4 Å². The van der Waals surface area contributed by atoms with E-state index < -0.39 is 11.8 Å². The number of ether oxygens (including phenoxy) is 2. The molecule has 0 spiro atoms. The van der Waals surface area contributed by atoms with Gasteiger partial charge in [0.25, 0.3) is 5.91 Å². The zero-order chi connectivity index (χ0) is 24.4. The maximum atomic E-state index is 12.2. The molecular weight excluding hydrogens is 560 g/mol. The van der Waals surface area contributed by atoms with Crippen LogP contribution in [0, 0.1) is 5.92 Å². The predicted octanol–water partition coefficient (Wildman–Crippen LogP) is 3.46. The summed E-state index contributed by atoms with van der Waals surface area (Å²) < 4.78 is 12.4. The van der Waals surface area contributed by atoms with E-state index in [2.05, 4.69) is 53.0 Å². The highest BCUT2D eigenvalue weighted by molar-refractivity contribution is 9.10. The van der Waals surface area contributed by atoms with Gasteiger partial charge < -0.3 is 20.1 Å². The van der Waals surface area contributed by atoms with Gasteiger partial charge >= 0.3 is 11.8 Å². The lowest BCUT2D eigenvalue weighted by Crippen LogP contribution is -2.39. The molecule has 0 bridgehead atoms. The fourth-order valence-corrected chi connectivity index (χ4v) is 3.25. The lowest BCUT2D eigenvalue weighted by Gasteiger charge is -2.13. The Morgan fingerprint density at radius 3 is 2.42 bits per heavy atom. The van der Waals surface area contributed by atoms with E-state index in [-0.39, 0.29) is 18.4 Å². The van der Waals surface area contributed by atoms with Gasteiger partial charge in [-0.15, -0.1) is 0 Å². The van der Waals surface area contributed by atoms with Crippen LogP contribution >= 0.6 is 31.9 Å². The van der Waals surface area contributed by atoms with Gasteiger partial charge in [0.2, 0.25) is 0 Å². The maximum absolute atomic E-state index is 12.2. The SMILES string of the molecule is COc1cc(C=NNC(=O)C(=O)NCC(C)C)cc(Br)c1OCC(=O)Nc1ccc(Br)cc1. The van der Waals surface area contributed by atoms with Crippen LogP contribution < -0.4 is 25.5 Å². The summed E-state index contributed by atoms with van der Waals surface area (Å²) in [5, 5.41) is 9.03. The number of nitrogens with zero attached hydrogens (tertiary/aromatic N) is 1. The first kappa shape index (κ1) is 26.3. The number of hydrazone groups is 1. The van der Waals surface area contributed by atoms with Crippen molar-refractivity contribution in [2.24, 2.45) is 11.0 Å². The molecule has 0 aliphatic carbocycles. The molecule has 0 fully saturated rings. The van der Waals surface area contributed by atoms with E-state index >= 15 is 0 Å². The molecule has 0 heterocycles. The Hall–Kier alpha value is -2.92. The van der Waals surface area contributed by atoms with Gasteiger partial charge in [-0.2, -0.15) is 5.10 Å². The number of nitrogens with one attached hydrogen (secondary N) is 3. The molecule has 0 atom stereocenters. The van der Waals surface area contributed by atoms with Crippen LogP contribution in [0.25, 0.3) is 0 Å². The van der Waals surface area contributed by atoms with Gasteiger partial charge in [0.15, 0.2) is 18.1 Å². The zero-order valence-electron chi connectivity index (χ0n) is 18.3. The highest BCUT2D eigenvalue weighted by atomic mass is 79.9. The van der Waals surface area contributed by atoms with Crippen molar-refractivity contribution in [3.8, 4) is 11.5 Å². The molecule has 2 aromatic carbocycles. The number of hydrogen-bond donors (Lipinski definition) is 3. The Labute approximate surface area is 208 Å². The molecule has 0 saturated carbocycles. The number of amides is 3. The molecule has 176 valence electrons. The summed E-state index contributed by atoms with van der Waals surface area (Å²) in [4.78, 5) is 35.6. The van der Waals surface area contributed by atoms with Crippen molar-refractivity contribution in [3.05, 3.63) is 50.9 Å². The highest BCUT2D eigenvalue weighted by Gasteiger charge is 2.15. The molecule has 11 heteroatoms. The van der Waals surface area contributed by atoms with E-state index in [9.17, 15) is 14.4 Å². The third kappa shape index (κ3) is 8.85. The molecular formula is C22H24Br2N4O5. The van der Waals surface area contributed by atoms with Crippen LogP contribution in [0.5, 0.6) is 11.5 Å². The minimum absolute atomic E-state index is 0.225. The second-order valence-corrected chi connectivity index (χ2v) is 8.95. The van der Waals surface area contributed by atoms with Gasteiger partial charge in [-0.1, -0.05) is 29.8 Å². The largest absolute Gasteiger partial charge is 0.493 e. The van der Waals surface area contributed by atoms with Crippen LogP contribution in [0.3, 0.4) is 0 Å². The Morgan fingerprint density at radius 2 is 1.79 bits per heavy atom. The summed E-state index contributed by atoms with van der Waals surface area (Å²) in [6.07, 6.45) is 1.35. The van der Waals surface area contributed by atoms with Crippen molar-refractivity contribution in [1.29, 1.82) is 0 Å². The summed E-state index contributed by atoms with van der Waals surface area (Å²) >= 11 is 6.73. The van der Waals surface area contributed by atoms with Crippen LogP contribution in [-0.4, -0.2) is 44.2 Å². The van der Waals surface area contributed by atoms with Gasteiger partial charge in [0.1, 0.15) is 0 Å². The molecule has 33 heavy (non-hydrogen) atoms. The molecule has 3 N–H and O–H groups in total. The summed E-state index contributed by atoms with van der Waals surface area (Å²) in [6.45, 7) is 4.00. The van der Waals surface area contributed by atoms with E-state index in [1.54, 1.807) is 24.3 Å². The summed E-state index contributed by atoms with van der Waals surface area (Å²) in [7, 11) is 1.46. The smallest absolute Gasteiger partial charge is 0.329 e. The number of methoxy groups -OCH3 is 1. The third-order valence-corrected chi connectivity index (χ3v) is 5.10. The number of halogens is 2. The molecule has 9 nitrogen and oxygen atoms in total. The highest BCUT2D eigenvalue weighted by Crippen LogP contribution is 2.36. The Morgan fingerprint density at radius 1 is 1.09 bits per heavy atom. The lowest BCUT2D eigenvalue weighted by atomic mass is 10.2. The van der Waals surface area contributed by atoms with Crippen LogP contribution in [0.1, 0.15) is 19.4 Å². The number of carbonyl (C=O) groups excluding carboxylic acids is 3. The minimum Gasteiger partial charge on any atom is -0.493 e. The normalized spacial score (nSPS) is 10.7. The first-order valence-electron chi connectivity index (χ1n) is 9.86. The molecule has 0 unspecified atom stereocenters. The number of carbonyl (C=O) groups is 3. The average molecular weight is 584 g/mol. The zero-order valence-corrected chi connectivity index (χ0v) is 21.4. The number of hydrogen-bond acceptors (Lipinski definition) is 6. The van der Waals surface area contributed by atoms with Crippen LogP contribution in [0.2, 0.25) is 0 Å². The van der Waals surface area contributed by atoms with Gasteiger partial charge in [0.05, 0.1) is 17.8 Å². The quantitative estimate of drug-likeness (QED) is 0.237. The van der Waals surface area contributed by atoms with E-state index in [0.29, 0.717) is 33.8 Å². The Balaban J connectivity index is 1.97. The average Bonchev–Trinajstić information content (AvgIpc) is 2.77. The minimum atomic E-state index is -0.866. The van der Waals surface area contributed by atoms with Crippen LogP contribution in [0.4, 0.5) is 5.69 Å². The molecule has 0 aliphatic heterocycles. The fraction of sp³-hybridized carbons (Fsp3) is 0.273. The second-order valence-electron chi connectivity index (χ2n) is 7.18. The van der Waals surface area contributed by atoms with Crippen molar-refractivity contribution < 1.29 is 23.9 Å². The predicted molar refractivity (Wildman–Crippen MR) is 133 cm³/mol. The molecule has 2 rings (SSSR count). The summed E-state index contributed by atoms with van der Waals surface area (Å²) in [5.41, 5.74) is 3.37. The van der Waals surface area contributed by atoms with Gasteiger partial charge in [-0.25, -0.2) is 5.43 Å². The molecule has 3 amide bonds. The van der Waals surface area contributed by atoms with E-state index in [0.717, 1.165) is 4.47 Å². The third-order valence-electron chi connectivity index (χ3n) is 3.98. The molecule has 0 aromatic heterocycles. The molecule has 0 radical (unpaired) electrons. The number of anilines is 1. The van der Waals surface area contributed by atoms with Gasteiger partial charge in [-0.05, 0) is 63.8 Å².